The Morgan fingerprint density at radius 3 is 2.56 bits per heavy atom. The number of amides is 1. The zero-order valence-corrected chi connectivity index (χ0v) is 21.3. The third-order valence-corrected chi connectivity index (χ3v) is 6.81. The Bertz CT molecular complexity index is 1310. The van der Waals surface area contributed by atoms with Crippen molar-refractivity contribution in [3.63, 3.8) is 0 Å². The smallest absolute Gasteiger partial charge is 0.264 e. The van der Waals surface area contributed by atoms with Crippen molar-refractivity contribution in [1.29, 1.82) is 0 Å². The van der Waals surface area contributed by atoms with Gasteiger partial charge in [-0.1, -0.05) is 53.0 Å². The molecular formula is C25H19Cl3N2O3S. The van der Waals surface area contributed by atoms with E-state index in [0.29, 0.717) is 54.5 Å². The summed E-state index contributed by atoms with van der Waals surface area (Å²) in [6.07, 6.45) is 1.73. The van der Waals surface area contributed by atoms with Crippen LogP contribution in [0.5, 0.6) is 11.5 Å². The van der Waals surface area contributed by atoms with E-state index in [1.807, 2.05) is 31.2 Å². The largest absolute Gasteiger partial charge is 0.493 e. The number of halogens is 3. The first-order valence-corrected chi connectivity index (χ1v) is 12.1. The van der Waals surface area contributed by atoms with Gasteiger partial charge in [0.2, 0.25) is 0 Å². The lowest BCUT2D eigenvalue weighted by Crippen LogP contribution is -2.19. The highest BCUT2D eigenvalue weighted by Crippen LogP contribution is 2.39. The zero-order chi connectivity index (χ0) is 24.2. The van der Waals surface area contributed by atoms with Gasteiger partial charge in [-0.25, -0.2) is 4.99 Å². The SMILES string of the molecule is COc1cc(/C=C2\SC(=Nc3cccc(Cl)c3C)NC2=O)cc(Cl)c1OCc1ccc(Cl)cc1. The molecule has 1 fully saturated rings. The lowest BCUT2D eigenvalue weighted by molar-refractivity contribution is -0.115. The molecule has 34 heavy (non-hydrogen) atoms. The van der Waals surface area contributed by atoms with Crippen molar-refractivity contribution in [1.82, 2.24) is 5.32 Å². The summed E-state index contributed by atoms with van der Waals surface area (Å²) >= 11 is 19.8. The van der Waals surface area contributed by atoms with Gasteiger partial charge in [-0.05, 0) is 77.9 Å². The lowest BCUT2D eigenvalue weighted by Gasteiger charge is -2.13. The van der Waals surface area contributed by atoms with Gasteiger partial charge in [0.05, 0.1) is 22.7 Å². The maximum Gasteiger partial charge on any atom is 0.264 e. The number of hydrogen-bond acceptors (Lipinski definition) is 5. The molecule has 0 bridgehead atoms. The molecule has 1 saturated heterocycles. The van der Waals surface area contributed by atoms with Crippen molar-refractivity contribution < 1.29 is 14.3 Å². The molecule has 0 atom stereocenters. The molecule has 9 heteroatoms. The lowest BCUT2D eigenvalue weighted by atomic mass is 10.1. The normalized spacial score (nSPS) is 15.6. The predicted octanol–water partition coefficient (Wildman–Crippen LogP) is 7.43. The summed E-state index contributed by atoms with van der Waals surface area (Å²) in [5.41, 5.74) is 3.17. The van der Waals surface area contributed by atoms with Gasteiger partial charge in [-0.3, -0.25) is 4.79 Å². The van der Waals surface area contributed by atoms with Gasteiger partial charge in [0, 0.05) is 10.0 Å². The van der Waals surface area contributed by atoms with Crippen LogP contribution in [0.4, 0.5) is 5.69 Å². The van der Waals surface area contributed by atoms with E-state index < -0.39 is 0 Å². The first-order chi connectivity index (χ1) is 16.3. The van der Waals surface area contributed by atoms with E-state index >= 15 is 0 Å². The van der Waals surface area contributed by atoms with E-state index in [-0.39, 0.29) is 5.91 Å². The van der Waals surface area contributed by atoms with E-state index in [2.05, 4.69) is 10.3 Å². The van der Waals surface area contributed by atoms with Crippen molar-refractivity contribution in [2.75, 3.05) is 7.11 Å². The molecule has 0 aliphatic carbocycles. The maximum absolute atomic E-state index is 12.5. The Balaban J connectivity index is 1.54. The van der Waals surface area contributed by atoms with Gasteiger partial charge >= 0.3 is 0 Å². The van der Waals surface area contributed by atoms with Gasteiger partial charge < -0.3 is 14.8 Å². The van der Waals surface area contributed by atoms with Crippen LogP contribution < -0.4 is 14.8 Å². The molecule has 4 rings (SSSR count). The van der Waals surface area contributed by atoms with Crippen LogP contribution >= 0.6 is 46.6 Å². The number of nitrogens with one attached hydrogen (secondary N) is 1. The first-order valence-electron chi connectivity index (χ1n) is 10.1. The molecule has 3 aromatic rings. The Kier molecular flexibility index (Phi) is 7.73. The van der Waals surface area contributed by atoms with Crippen LogP contribution in [0.2, 0.25) is 15.1 Å². The van der Waals surface area contributed by atoms with Gasteiger partial charge in [0.15, 0.2) is 16.7 Å². The molecule has 0 aromatic heterocycles. The number of nitrogens with zero attached hydrogens (tertiary/aromatic N) is 1. The first kappa shape index (κ1) is 24.5. The van der Waals surface area contributed by atoms with Crippen molar-refractivity contribution in [3.8, 4) is 11.5 Å². The topological polar surface area (TPSA) is 59.9 Å². The number of amidine groups is 1. The summed E-state index contributed by atoms with van der Waals surface area (Å²) in [6, 6.07) is 16.3. The van der Waals surface area contributed by atoms with E-state index in [4.69, 9.17) is 44.3 Å². The minimum absolute atomic E-state index is 0.249. The predicted molar refractivity (Wildman–Crippen MR) is 141 cm³/mol. The molecule has 1 heterocycles. The third kappa shape index (κ3) is 5.70. The van der Waals surface area contributed by atoms with Crippen molar-refractivity contribution in [2.24, 2.45) is 4.99 Å². The van der Waals surface area contributed by atoms with E-state index in [1.165, 1.54) is 18.9 Å². The average molecular weight is 534 g/mol. The Morgan fingerprint density at radius 2 is 1.82 bits per heavy atom. The molecule has 5 nitrogen and oxygen atoms in total. The van der Waals surface area contributed by atoms with Gasteiger partial charge in [-0.2, -0.15) is 0 Å². The standard InChI is InChI=1S/C25H19Cl3N2O3S/c1-14-18(27)4-3-5-20(14)29-25-30-24(31)22(34-25)12-16-10-19(28)23(21(11-16)32-2)33-13-15-6-8-17(26)9-7-15/h3-12H,13H2,1-2H3,(H,29,30,31)/b22-12-. The van der Waals surface area contributed by atoms with Crippen LogP contribution in [0.25, 0.3) is 6.08 Å². The summed E-state index contributed by atoms with van der Waals surface area (Å²) in [5, 5.41) is 4.89. The Morgan fingerprint density at radius 1 is 1.06 bits per heavy atom. The monoisotopic (exact) mass is 532 g/mol. The van der Waals surface area contributed by atoms with Gasteiger partial charge in [0.1, 0.15) is 6.61 Å². The number of aliphatic imine (C=N–C) groups is 1. The molecule has 1 aliphatic rings. The van der Waals surface area contributed by atoms with Crippen LogP contribution in [-0.4, -0.2) is 18.2 Å². The second-order valence-corrected chi connectivity index (χ2v) is 9.60. The average Bonchev–Trinajstić information content (AvgIpc) is 3.15. The van der Waals surface area contributed by atoms with Crippen LogP contribution in [0.3, 0.4) is 0 Å². The van der Waals surface area contributed by atoms with Crippen LogP contribution in [-0.2, 0) is 11.4 Å². The molecule has 1 amide bonds. The van der Waals surface area contributed by atoms with Crippen LogP contribution in [0.15, 0.2) is 64.5 Å². The number of thioether (sulfide) groups is 1. The fraction of sp³-hybridized carbons (Fsp3) is 0.120. The number of carbonyl (C=O) groups is 1. The zero-order valence-electron chi connectivity index (χ0n) is 18.2. The minimum atomic E-state index is -0.249. The molecule has 3 aromatic carbocycles. The highest BCUT2D eigenvalue weighted by molar-refractivity contribution is 8.18. The minimum Gasteiger partial charge on any atom is -0.493 e. The third-order valence-electron chi connectivity index (χ3n) is 4.96. The van der Waals surface area contributed by atoms with E-state index in [9.17, 15) is 4.79 Å². The summed E-state index contributed by atoms with van der Waals surface area (Å²) in [7, 11) is 1.53. The van der Waals surface area contributed by atoms with E-state index in [1.54, 1.807) is 36.4 Å². The summed E-state index contributed by atoms with van der Waals surface area (Å²) < 4.78 is 11.4. The fourth-order valence-corrected chi connectivity index (χ4v) is 4.56. The summed E-state index contributed by atoms with van der Waals surface area (Å²) in [5.74, 6) is 0.630. The molecule has 0 spiro atoms. The molecule has 1 aliphatic heterocycles. The number of methoxy groups -OCH3 is 1. The molecule has 174 valence electrons. The van der Waals surface area contributed by atoms with Crippen molar-refractivity contribution in [3.05, 3.63) is 91.3 Å². The number of hydrogen-bond donors (Lipinski definition) is 1. The highest BCUT2D eigenvalue weighted by atomic mass is 35.5. The molecule has 1 N–H and O–H groups in total. The second kappa shape index (κ2) is 10.7. The molecule has 0 unspecified atom stereocenters. The number of carbonyl (C=O) groups excluding carboxylic acids is 1. The number of ether oxygens (including phenoxy) is 2. The Labute approximate surface area is 216 Å². The molecular weight excluding hydrogens is 515 g/mol. The Hall–Kier alpha value is -2.64. The maximum atomic E-state index is 12.5. The van der Waals surface area contributed by atoms with Crippen molar-refractivity contribution in [2.45, 2.75) is 13.5 Å². The highest BCUT2D eigenvalue weighted by Gasteiger charge is 2.24. The quantitative estimate of drug-likeness (QED) is 0.335. The van der Waals surface area contributed by atoms with Gasteiger partial charge in [0.25, 0.3) is 5.91 Å². The number of benzene rings is 3. The second-order valence-electron chi connectivity index (χ2n) is 7.31. The summed E-state index contributed by atoms with van der Waals surface area (Å²) in [6.45, 7) is 2.18. The van der Waals surface area contributed by atoms with Gasteiger partial charge in [-0.15, -0.1) is 0 Å². The molecule has 0 saturated carbocycles. The number of rotatable bonds is 6. The summed E-state index contributed by atoms with van der Waals surface area (Å²) in [4.78, 5) is 17.5. The fourth-order valence-electron chi connectivity index (χ4n) is 3.16. The van der Waals surface area contributed by atoms with Crippen LogP contribution in [0.1, 0.15) is 16.7 Å². The van der Waals surface area contributed by atoms with E-state index in [0.717, 1.165) is 11.1 Å². The van der Waals surface area contributed by atoms with Crippen molar-refractivity contribution >= 4 is 69.4 Å². The molecule has 0 radical (unpaired) electrons. The van der Waals surface area contributed by atoms with Crippen LogP contribution in [0, 0.1) is 6.92 Å².